The van der Waals surface area contributed by atoms with Gasteiger partial charge in [-0.1, -0.05) is 12.1 Å². The fraction of sp³-hybridized carbons (Fsp3) is 0.412. The fourth-order valence-electron chi connectivity index (χ4n) is 3.78. The summed E-state index contributed by atoms with van der Waals surface area (Å²) in [7, 11) is 1.25. The van der Waals surface area contributed by atoms with Gasteiger partial charge in [-0.15, -0.1) is 23.4 Å². The molecule has 0 N–H and O–H groups in total. The predicted octanol–water partition coefficient (Wildman–Crippen LogP) is 1.11. The van der Waals surface area contributed by atoms with Gasteiger partial charge in [0.05, 0.1) is 23.0 Å². The lowest BCUT2D eigenvalue weighted by Gasteiger charge is -2.46. The van der Waals surface area contributed by atoms with Crippen LogP contribution in [0.15, 0.2) is 24.3 Å². The molecule has 7 nitrogen and oxygen atoms in total. The van der Waals surface area contributed by atoms with Gasteiger partial charge in [-0.05, 0) is 19.1 Å². The normalized spacial score (nSPS) is 32.4. The van der Waals surface area contributed by atoms with Crippen molar-refractivity contribution in [3.8, 4) is 0 Å². The summed E-state index contributed by atoms with van der Waals surface area (Å²) in [5.74, 6) is -1.86. The summed E-state index contributed by atoms with van der Waals surface area (Å²) in [6, 6.07) is 4.69. The lowest BCUT2D eigenvalue weighted by Crippen LogP contribution is -2.71. The summed E-state index contributed by atoms with van der Waals surface area (Å²) in [6.45, 7) is 1.78. The van der Waals surface area contributed by atoms with Crippen LogP contribution in [-0.2, 0) is 14.3 Å². The number of halogens is 1. The van der Waals surface area contributed by atoms with Crippen LogP contribution in [0.2, 0.25) is 0 Å². The number of hydrogen-bond donors (Lipinski definition) is 0. The monoisotopic (exact) mass is 394 g/mol. The number of benzene rings is 1. The lowest BCUT2D eigenvalue weighted by atomic mass is 9.95. The number of nitrogens with zero attached hydrogens (tertiary/aromatic N) is 2. The van der Waals surface area contributed by atoms with E-state index in [0.717, 1.165) is 4.90 Å². The molecule has 3 heterocycles. The summed E-state index contributed by atoms with van der Waals surface area (Å²) < 4.78 is 4.07. The molecule has 0 radical (unpaired) electrons. The highest BCUT2D eigenvalue weighted by atomic mass is 35.5. The number of alkyl halides is 1. The van der Waals surface area contributed by atoms with Gasteiger partial charge >= 0.3 is 5.97 Å². The summed E-state index contributed by atoms with van der Waals surface area (Å²) in [5, 5.41) is -0.516. The average molecular weight is 395 g/mol. The minimum Gasteiger partial charge on any atom is -0.467 e. The third kappa shape index (κ3) is 2.02. The highest BCUT2D eigenvalue weighted by Gasteiger charge is 2.68. The van der Waals surface area contributed by atoms with E-state index in [0.29, 0.717) is 0 Å². The van der Waals surface area contributed by atoms with E-state index >= 15 is 0 Å². The molecule has 136 valence electrons. The maximum absolute atomic E-state index is 12.8. The molecular weight excluding hydrogens is 380 g/mol. The number of carbonyl (C=O) groups is 4. The van der Waals surface area contributed by atoms with Gasteiger partial charge in [0.1, 0.15) is 17.5 Å². The van der Waals surface area contributed by atoms with Crippen molar-refractivity contribution in [1.82, 2.24) is 9.80 Å². The first-order valence-corrected chi connectivity index (χ1v) is 9.38. The van der Waals surface area contributed by atoms with Gasteiger partial charge in [0.25, 0.3) is 17.7 Å². The number of hydrogen-bond acceptors (Lipinski definition) is 6. The Labute approximate surface area is 158 Å². The molecule has 3 amide bonds. The Balaban J connectivity index is 1.68. The van der Waals surface area contributed by atoms with Crippen molar-refractivity contribution in [2.24, 2.45) is 0 Å². The number of thioether (sulfide) groups is 1. The Bertz CT molecular complexity index is 826. The van der Waals surface area contributed by atoms with E-state index in [4.69, 9.17) is 16.3 Å². The molecule has 3 aliphatic heterocycles. The summed E-state index contributed by atoms with van der Waals surface area (Å²) in [4.78, 5) is 52.8. The van der Waals surface area contributed by atoms with E-state index in [9.17, 15) is 19.2 Å². The first-order valence-electron chi connectivity index (χ1n) is 7.96. The zero-order chi connectivity index (χ0) is 18.8. The number of ether oxygens (including phenoxy) is 1. The molecule has 0 bridgehead atoms. The molecule has 2 unspecified atom stereocenters. The number of carbonyl (C=O) groups excluding carboxylic acids is 4. The Kier molecular flexibility index (Phi) is 3.82. The second kappa shape index (κ2) is 5.72. The van der Waals surface area contributed by atoms with Crippen LogP contribution in [0, 0.1) is 0 Å². The van der Waals surface area contributed by atoms with Gasteiger partial charge in [0.15, 0.2) is 0 Å². The Morgan fingerprint density at radius 1 is 1.23 bits per heavy atom. The van der Waals surface area contributed by atoms with Crippen LogP contribution >= 0.6 is 23.4 Å². The fourth-order valence-corrected chi connectivity index (χ4v) is 5.77. The molecular formula is C17H15ClN2O5S. The molecule has 1 aromatic carbocycles. The molecule has 0 aliphatic carbocycles. The van der Waals surface area contributed by atoms with Gasteiger partial charge in [-0.25, -0.2) is 4.79 Å². The first kappa shape index (κ1) is 17.4. The third-order valence-electron chi connectivity index (χ3n) is 5.09. The van der Waals surface area contributed by atoms with Crippen molar-refractivity contribution >= 4 is 47.1 Å². The van der Waals surface area contributed by atoms with Crippen LogP contribution in [0.3, 0.4) is 0 Å². The van der Waals surface area contributed by atoms with Crippen molar-refractivity contribution in [2.75, 3.05) is 13.0 Å². The number of β-lactam (4-membered cyclic amide) rings is 1. The highest BCUT2D eigenvalue weighted by Crippen LogP contribution is 2.53. The van der Waals surface area contributed by atoms with E-state index in [-0.39, 0.29) is 17.0 Å². The van der Waals surface area contributed by atoms with Crippen LogP contribution in [0.1, 0.15) is 27.6 Å². The largest absolute Gasteiger partial charge is 0.467 e. The van der Waals surface area contributed by atoms with Crippen molar-refractivity contribution in [3.05, 3.63) is 35.4 Å². The summed E-state index contributed by atoms with van der Waals surface area (Å²) in [6.07, 6.45) is 0. The van der Waals surface area contributed by atoms with Crippen LogP contribution in [-0.4, -0.2) is 68.7 Å². The van der Waals surface area contributed by atoms with Gasteiger partial charge in [-0.2, -0.15) is 0 Å². The minimum atomic E-state index is -0.940. The van der Waals surface area contributed by atoms with E-state index in [1.807, 2.05) is 0 Å². The zero-order valence-electron chi connectivity index (χ0n) is 14.0. The first-order chi connectivity index (χ1) is 12.4. The topological polar surface area (TPSA) is 84.0 Å². The highest BCUT2D eigenvalue weighted by molar-refractivity contribution is 8.01. The van der Waals surface area contributed by atoms with E-state index in [1.54, 1.807) is 31.2 Å². The number of methoxy groups -OCH3 is 1. The number of esters is 1. The van der Waals surface area contributed by atoms with Crippen molar-refractivity contribution < 1.29 is 23.9 Å². The van der Waals surface area contributed by atoms with Crippen LogP contribution in [0.25, 0.3) is 0 Å². The molecule has 26 heavy (non-hydrogen) atoms. The van der Waals surface area contributed by atoms with Gasteiger partial charge in [0.2, 0.25) is 0 Å². The second-order valence-corrected chi connectivity index (χ2v) is 8.52. The van der Waals surface area contributed by atoms with Gasteiger partial charge in [0, 0.05) is 5.88 Å². The second-order valence-electron chi connectivity index (χ2n) is 6.60. The van der Waals surface area contributed by atoms with E-state index < -0.39 is 45.9 Å². The number of amides is 3. The maximum atomic E-state index is 12.8. The molecule has 2 saturated heterocycles. The molecule has 4 atom stereocenters. The maximum Gasteiger partial charge on any atom is 0.330 e. The predicted molar refractivity (Wildman–Crippen MR) is 93.9 cm³/mol. The Morgan fingerprint density at radius 3 is 2.31 bits per heavy atom. The van der Waals surface area contributed by atoms with Crippen molar-refractivity contribution in [3.63, 3.8) is 0 Å². The molecule has 4 rings (SSSR count). The van der Waals surface area contributed by atoms with Crippen LogP contribution < -0.4 is 0 Å². The van der Waals surface area contributed by atoms with Crippen LogP contribution in [0.5, 0.6) is 0 Å². The standard InChI is InChI=1S/C17H15ClN2O5S/c1-17(7-18)11(16(24)25-2)20-14(23)10(15(20)26-17)19-12(21)8-5-3-4-6-9(8)13(19)22/h3-6,10-11,15H,7H2,1-2H3/t10?,11?,15-,17-/m0/s1. The number of rotatable bonds is 3. The SMILES string of the molecule is COC(=O)C1N2C(=O)C(N3C(=O)c4ccccc4C3=O)[C@@H]2S[C@@]1(C)CCl. The van der Waals surface area contributed by atoms with Gasteiger partial charge < -0.3 is 9.64 Å². The average Bonchev–Trinajstić information content (AvgIpc) is 3.07. The minimum absolute atomic E-state index is 0.118. The quantitative estimate of drug-likeness (QED) is 0.330. The molecule has 9 heteroatoms. The van der Waals surface area contributed by atoms with Crippen LogP contribution in [0.4, 0.5) is 0 Å². The Morgan fingerprint density at radius 2 is 1.81 bits per heavy atom. The smallest absolute Gasteiger partial charge is 0.330 e. The summed E-state index contributed by atoms with van der Waals surface area (Å²) >= 11 is 7.40. The zero-order valence-corrected chi connectivity index (χ0v) is 15.5. The third-order valence-corrected chi connectivity index (χ3v) is 7.44. The number of fused-ring (bicyclic) bond motifs is 2. The number of imide groups is 1. The van der Waals surface area contributed by atoms with Crippen molar-refractivity contribution in [2.45, 2.75) is 29.1 Å². The molecule has 3 aliphatic rings. The Hall–Kier alpha value is -2.06. The molecule has 2 fully saturated rings. The summed E-state index contributed by atoms with van der Waals surface area (Å²) in [5.41, 5.74) is 0.577. The van der Waals surface area contributed by atoms with E-state index in [2.05, 4.69) is 0 Å². The molecule has 0 aromatic heterocycles. The molecule has 0 spiro atoms. The van der Waals surface area contributed by atoms with Crippen molar-refractivity contribution in [1.29, 1.82) is 0 Å². The molecule has 1 aromatic rings. The molecule has 0 saturated carbocycles. The lowest BCUT2D eigenvalue weighted by molar-refractivity contribution is -0.164. The van der Waals surface area contributed by atoms with E-state index in [1.165, 1.54) is 23.8 Å². The van der Waals surface area contributed by atoms with Gasteiger partial charge in [-0.3, -0.25) is 19.3 Å².